The van der Waals surface area contributed by atoms with Gasteiger partial charge in [-0.15, -0.1) is 25.3 Å². The predicted molar refractivity (Wildman–Crippen MR) is 106 cm³/mol. The van der Waals surface area contributed by atoms with Crippen molar-refractivity contribution in [1.82, 2.24) is 0 Å². The van der Waals surface area contributed by atoms with E-state index in [9.17, 15) is 9.59 Å². The Balaban J connectivity index is 1.55. The Hall–Kier alpha value is -1.92. The zero-order chi connectivity index (χ0) is 18.8. The first-order chi connectivity index (χ1) is 12.6. The maximum absolute atomic E-state index is 11.9. The average Bonchev–Trinajstić information content (AvgIpc) is 2.64. The summed E-state index contributed by atoms with van der Waals surface area (Å²) in [6.07, 6.45) is 3.34. The molecule has 6 heteroatoms. The monoisotopic (exact) mass is 390 g/mol. The molecule has 0 saturated heterocycles. The lowest BCUT2D eigenvalue weighted by Crippen LogP contribution is -2.08. The highest BCUT2D eigenvalue weighted by Crippen LogP contribution is 2.15. The number of hydrogen-bond acceptors (Lipinski definition) is 6. The Kier molecular flexibility index (Phi) is 8.58. The van der Waals surface area contributed by atoms with Crippen LogP contribution in [0.2, 0.25) is 0 Å². The van der Waals surface area contributed by atoms with E-state index >= 15 is 0 Å². The van der Waals surface area contributed by atoms with Crippen LogP contribution < -0.4 is 0 Å². The average molecular weight is 391 g/mol. The van der Waals surface area contributed by atoms with Gasteiger partial charge in [-0.25, -0.2) is 9.59 Å². The van der Waals surface area contributed by atoms with E-state index in [2.05, 4.69) is 25.3 Å². The van der Waals surface area contributed by atoms with Gasteiger partial charge in [-0.3, -0.25) is 0 Å². The molecule has 4 nitrogen and oxygen atoms in total. The summed E-state index contributed by atoms with van der Waals surface area (Å²) in [5.41, 5.74) is 0.958. The molecule has 0 aliphatic rings. The summed E-state index contributed by atoms with van der Waals surface area (Å²) in [5.74, 6) is -0.704. The van der Waals surface area contributed by atoms with Crippen molar-refractivity contribution in [1.29, 1.82) is 0 Å². The van der Waals surface area contributed by atoms with Crippen molar-refractivity contribution in [2.75, 3.05) is 13.2 Å². The molecule has 0 aliphatic heterocycles. The van der Waals surface area contributed by atoms with E-state index in [1.165, 1.54) is 0 Å². The number of ether oxygens (including phenoxy) is 2. The first-order valence-electron chi connectivity index (χ1n) is 8.50. The molecule has 2 rings (SSSR count). The van der Waals surface area contributed by atoms with Crippen molar-refractivity contribution < 1.29 is 19.1 Å². The summed E-state index contributed by atoms with van der Waals surface area (Å²) >= 11 is 8.48. The summed E-state index contributed by atoms with van der Waals surface area (Å²) in [5, 5.41) is 0. The highest BCUT2D eigenvalue weighted by molar-refractivity contribution is 7.80. The molecule has 2 aromatic rings. The van der Waals surface area contributed by atoms with E-state index in [0.29, 0.717) is 34.1 Å². The standard InChI is InChI=1S/C20H22O4S2/c21-19(15-9-3-5-11-17(15)25)23-13-7-1-2-8-14-24-20(22)16-10-4-6-12-18(16)26/h3-6,9-12,25-26H,1-2,7-8,13-14H2. The van der Waals surface area contributed by atoms with Crippen molar-refractivity contribution in [3.05, 3.63) is 59.7 Å². The number of hydrogen-bond donors (Lipinski definition) is 2. The molecule has 2 aromatic carbocycles. The van der Waals surface area contributed by atoms with Crippen molar-refractivity contribution in [3.63, 3.8) is 0 Å². The van der Waals surface area contributed by atoms with Crippen LogP contribution in [0.3, 0.4) is 0 Å². The van der Waals surface area contributed by atoms with Crippen molar-refractivity contribution >= 4 is 37.2 Å². The smallest absolute Gasteiger partial charge is 0.339 e. The van der Waals surface area contributed by atoms with Gasteiger partial charge in [-0.05, 0) is 49.9 Å². The molecule has 0 aromatic heterocycles. The number of thiol groups is 2. The summed E-state index contributed by atoms with van der Waals surface area (Å²) in [4.78, 5) is 25.0. The van der Waals surface area contributed by atoms with Crippen LogP contribution in [0, 0.1) is 0 Å². The molecule has 0 saturated carbocycles. The second-order valence-electron chi connectivity index (χ2n) is 5.72. The van der Waals surface area contributed by atoms with Gasteiger partial charge in [0.05, 0.1) is 24.3 Å². The van der Waals surface area contributed by atoms with Crippen LogP contribution in [0.1, 0.15) is 46.4 Å². The highest BCUT2D eigenvalue weighted by Gasteiger charge is 2.10. The summed E-state index contributed by atoms with van der Waals surface area (Å²) in [6, 6.07) is 14.1. The number of esters is 2. The Morgan fingerprint density at radius 2 is 1.04 bits per heavy atom. The SMILES string of the molecule is O=C(OCCCCCCOC(=O)c1ccccc1S)c1ccccc1S. The molecule has 26 heavy (non-hydrogen) atoms. The zero-order valence-corrected chi connectivity index (χ0v) is 16.2. The fourth-order valence-corrected chi connectivity index (χ4v) is 2.84. The van der Waals surface area contributed by atoms with Gasteiger partial charge in [0.25, 0.3) is 0 Å². The molecule has 0 heterocycles. The molecular formula is C20H22O4S2. The molecule has 0 N–H and O–H groups in total. The third-order valence-electron chi connectivity index (χ3n) is 3.75. The number of benzene rings is 2. The maximum Gasteiger partial charge on any atom is 0.339 e. The minimum atomic E-state index is -0.352. The van der Waals surface area contributed by atoms with Crippen molar-refractivity contribution in [2.45, 2.75) is 35.5 Å². The third kappa shape index (κ3) is 6.42. The molecular weight excluding hydrogens is 368 g/mol. The van der Waals surface area contributed by atoms with Gasteiger partial charge in [-0.2, -0.15) is 0 Å². The molecule has 0 aliphatic carbocycles. The Morgan fingerprint density at radius 3 is 1.42 bits per heavy atom. The normalized spacial score (nSPS) is 10.4. The second-order valence-corrected chi connectivity index (χ2v) is 6.68. The van der Waals surface area contributed by atoms with E-state index in [4.69, 9.17) is 9.47 Å². The van der Waals surface area contributed by atoms with Crippen molar-refractivity contribution in [3.8, 4) is 0 Å². The van der Waals surface area contributed by atoms with Gasteiger partial charge in [0.2, 0.25) is 0 Å². The van der Waals surface area contributed by atoms with Gasteiger partial charge < -0.3 is 9.47 Å². The Morgan fingerprint density at radius 1 is 0.654 bits per heavy atom. The molecule has 0 spiro atoms. The topological polar surface area (TPSA) is 52.6 Å². The lowest BCUT2D eigenvalue weighted by atomic mass is 10.2. The first-order valence-corrected chi connectivity index (χ1v) is 9.39. The summed E-state index contributed by atoms with van der Waals surface area (Å²) < 4.78 is 10.5. The van der Waals surface area contributed by atoms with E-state index < -0.39 is 0 Å². The number of carbonyl (C=O) groups excluding carboxylic acids is 2. The minimum Gasteiger partial charge on any atom is -0.462 e. The van der Waals surface area contributed by atoms with Crippen LogP contribution in [0.5, 0.6) is 0 Å². The quantitative estimate of drug-likeness (QED) is 0.365. The van der Waals surface area contributed by atoms with Crippen LogP contribution >= 0.6 is 25.3 Å². The van der Waals surface area contributed by atoms with Crippen LogP contribution in [-0.2, 0) is 9.47 Å². The van der Waals surface area contributed by atoms with E-state index in [1.54, 1.807) is 36.4 Å². The van der Waals surface area contributed by atoms with Gasteiger partial charge in [-0.1, -0.05) is 24.3 Å². The third-order valence-corrected chi connectivity index (χ3v) is 4.53. The molecule has 0 unspecified atom stereocenters. The lowest BCUT2D eigenvalue weighted by Gasteiger charge is -2.07. The van der Waals surface area contributed by atoms with Crippen molar-refractivity contribution in [2.24, 2.45) is 0 Å². The fourth-order valence-electron chi connectivity index (χ4n) is 2.34. The summed E-state index contributed by atoms with van der Waals surface area (Å²) in [7, 11) is 0. The Bertz CT molecular complexity index is 683. The maximum atomic E-state index is 11.9. The lowest BCUT2D eigenvalue weighted by molar-refractivity contribution is 0.0469. The van der Waals surface area contributed by atoms with Crippen LogP contribution in [0.25, 0.3) is 0 Å². The van der Waals surface area contributed by atoms with Crippen LogP contribution in [0.15, 0.2) is 58.3 Å². The van der Waals surface area contributed by atoms with Gasteiger partial charge >= 0.3 is 11.9 Å². The minimum absolute atomic E-state index is 0.352. The Labute approximate surface area is 164 Å². The molecule has 0 amide bonds. The van der Waals surface area contributed by atoms with Crippen LogP contribution in [0.4, 0.5) is 0 Å². The molecule has 138 valence electrons. The largest absolute Gasteiger partial charge is 0.462 e. The zero-order valence-electron chi connectivity index (χ0n) is 14.4. The van der Waals surface area contributed by atoms with E-state index in [-0.39, 0.29) is 11.9 Å². The molecule has 0 atom stereocenters. The number of carbonyl (C=O) groups is 2. The van der Waals surface area contributed by atoms with Gasteiger partial charge in [0.1, 0.15) is 0 Å². The fraction of sp³-hybridized carbons (Fsp3) is 0.300. The second kappa shape index (κ2) is 10.9. The van der Waals surface area contributed by atoms with E-state index in [1.807, 2.05) is 12.1 Å². The number of rotatable bonds is 9. The van der Waals surface area contributed by atoms with Gasteiger partial charge in [0.15, 0.2) is 0 Å². The van der Waals surface area contributed by atoms with Crippen LogP contribution in [-0.4, -0.2) is 25.2 Å². The predicted octanol–water partition coefficient (Wildman–Crippen LogP) is 4.84. The molecule has 0 bridgehead atoms. The van der Waals surface area contributed by atoms with E-state index in [0.717, 1.165) is 25.7 Å². The van der Waals surface area contributed by atoms with Gasteiger partial charge in [0, 0.05) is 9.79 Å². The molecule has 0 fully saturated rings. The summed E-state index contributed by atoms with van der Waals surface area (Å²) in [6.45, 7) is 0.738. The first kappa shape index (κ1) is 20.4. The number of unbranched alkanes of at least 4 members (excludes halogenated alkanes) is 3. The highest BCUT2D eigenvalue weighted by atomic mass is 32.1. The molecule has 0 radical (unpaired) electrons.